The summed E-state index contributed by atoms with van der Waals surface area (Å²) in [6.07, 6.45) is 6.29. The maximum absolute atomic E-state index is 5.96. The molecule has 4 heteroatoms. The molecule has 3 rings (SSSR count). The van der Waals surface area contributed by atoms with Gasteiger partial charge in [0.05, 0.1) is 6.04 Å². The van der Waals surface area contributed by atoms with Crippen LogP contribution in [0, 0.1) is 5.41 Å². The van der Waals surface area contributed by atoms with Crippen molar-refractivity contribution in [2.75, 3.05) is 26.2 Å². The molecule has 110 valence electrons. The summed E-state index contributed by atoms with van der Waals surface area (Å²) in [5, 5.41) is 0. The summed E-state index contributed by atoms with van der Waals surface area (Å²) in [6, 6.07) is 1.03. The molecule has 0 aromatic heterocycles. The molecule has 3 aliphatic rings. The number of nitrogens with zero attached hydrogens (tertiary/aromatic N) is 3. The number of piperazine rings is 1. The molecule has 4 nitrogen and oxygen atoms in total. The number of ether oxygens (including phenoxy) is 1. The van der Waals surface area contributed by atoms with E-state index in [9.17, 15) is 0 Å². The van der Waals surface area contributed by atoms with Crippen molar-refractivity contribution in [3.8, 4) is 0 Å². The fraction of sp³-hybridized carbons (Fsp3) is 0.688. The second-order valence-electron chi connectivity index (χ2n) is 6.85. The summed E-state index contributed by atoms with van der Waals surface area (Å²) < 4.78 is 5.96. The van der Waals surface area contributed by atoms with Crippen LogP contribution in [-0.2, 0) is 4.74 Å². The number of hydrogen-bond acceptors (Lipinski definition) is 4. The van der Waals surface area contributed by atoms with E-state index >= 15 is 0 Å². The molecule has 0 radical (unpaired) electrons. The lowest BCUT2D eigenvalue weighted by molar-refractivity contribution is 0.0121. The van der Waals surface area contributed by atoms with Crippen LogP contribution in [-0.4, -0.2) is 54.3 Å². The van der Waals surface area contributed by atoms with E-state index in [4.69, 9.17) is 9.73 Å². The maximum Gasteiger partial charge on any atom is 0.171 e. The van der Waals surface area contributed by atoms with Crippen LogP contribution in [0.25, 0.3) is 0 Å². The van der Waals surface area contributed by atoms with Gasteiger partial charge in [0, 0.05) is 37.3 Å². The van der Waals surface area contributed by atoms with E-state index in [0.717, 1.165) is 37.8 Å². The second kappa shape index (κ2) is 4.92. The molecule has 3 aliphatic heterocycles. The van der Waals surface area contributed by atoms with Crippen LogP contribution >= 0.6 is 0 Å². The van der Waals surface area contributed by atoms with Gasteiger partial charge in [-0.25, -0.2) is 4.99 Å². The van der Waals surface area contributed by atoms with Crippen molar-refractivity contribution in [2.24, 2.45) is 10.4 Å². The quantitative estimate of drug-likeness (QED) is 0.735. The first-order valence-electron chi connectivity index (χ1n) is 7.58. The summed E-state index contributed by atoms with van der Waals surface area (Å²) in [7, 11) is 0. The van der Waals surface area contributed by atoms with E-state index in [1.807, 2.05) is 6.21 Å². The third-order valence-corrected chi connectivity index (χ3v) is 4.35. The van der Waals surface area contributed by atoms with Gasteiger partial charge in [-0.05, 0) is 19.9 Å². The van der Waals surface area contributed by atoms with E-state index in [2.05, 4.69) is 49.6 Å². The van der Waals surface area contributed by atoms with Crippen molar-refractivity contribution >= 4 is 6.21 Å². The van der Waals surface area contributed by atoms with Gasteiger partial charge in [-0.2, -0.15) is 0 Å². The van der Waals surface area contributed by atoms with Crippen LogP contribution in [0.2, 0.25) is 0 Å². The molecule has 0 aromatic carbocycles. The largest absolute Gasteiger partial charge is 0.488 e. The first-order valence-corrected chi connectivity index (χ1v) is 7.58. The average Bonchev–Trinajstić information content (AvgIpc) is 2.57. The van der Waals surface area contributed by atoms with Gasteiger partial charge in [-0.1, -0.05) is 19.9 Å². The third kappa shape index (κ3) is 2.49. The Kier molecular flexibility index (Phi) is 3.36. The lowest BCUT2D eigenvalue weighted by Crippen LogP contribution is -2.57. The summed E-state index contributed by atoms with van der Waals surface area (Å²) in [6.45, 7) is 12.8. The Morgan fingerprint density at radius 2 is 2.15 bits per heavy atom. The highest BCUT2D eigenvalue weighted by atomic mass is 16.5. The standard InChI is InChI=1S/C16H25N3O/c1-12(2)18-7-8-19-13(9-18)10-20-14-5-6-16(3,4)11-17-15(14)19/h5-6,11-13H,7-10H2,1-4H3. The van der Waals surface area contributed by atoms with Crippen LogP contribution < -0.4 is 0 Å². The Hall–Kier alpha value is -1.29. The molecule has 0 bridgehead atoms. The van der Waals surface area contributed by atoms with Crippen molar-refractivity contribution in [3.05, 3.63) is 23.7 Å². The van der Waals surface area contributed by atoms with Gasteiger partial charge in [0.1, 0.15) is 6.61 Å². The summed E-state index contributed by atoms with van der Waals surface area (Å²) in [4.78, 5) is 9.68. The molecule has 1 fully saturated rings. The predicted octanol–water partition coefficient (Wildman–Crippen LogP) is 2.25. The molecular weight excluding hydrogens is 250 g/mol. The number of fused-ring (bicyclic) bond motifs is 2. The van der Waals surface area contributed by atoms with Gasteiger partial charge in [-0.15, -0.1) is 0 Å². The van der Waals surface area contributed by atoms with E-state index in [0.29, 0.717) is 12.1 Å². The first kappa shape index (κ1) is 13.7. The van der Waals surface area contributed by atoms with E-state index < -0.39 is 0 Å². The SMILES string of the molecule is CC(C)N1CCN2C3=C(C=CC(C)(C)C=N3)OCC2C1. The topological polar surface area (TPSA) is 28.1 Å². The molecule has 0 N–H and O–H groups in total. The lowest BCUT2D eigenvalue weighted by Gasteiger charge is -2.46. The predicted molar refractivity (Wildman–Crippen MR) is 81.6 cm³/mol. The highest BCUT2D eigenvalue weighted by Crippen LogP contribution is 2.30. The molecule has 1 unspecified atom stereocenters. The Morgan fingerprint density at radius 3 is 2.90 bits per heavy atom. The number of aliphatic imine (C=N–C) groups is 1. The number of hydrogen-bond donors (Lipinski definition) is 0. The molecule has 20 heavy (non-hydrogen) atoms. The molecule has 0 saturated carbocycles. The average molecular weight is 275 g/mol. The Bertz CT molecular complexity index is 476. The molecule has 0 amide bonds. The van der Waals surface area contributed by atoms with Crippen molar-refractivity contribution in [1.82, 2.24) is 9.80 Å². The van der Waals surface area contributed by atoms with E-state index in [1.54, 1.807) is 0 Å². The van der Waals surface area contributed by atoms with Crippen LogP contribution in [0.4, 0.5) is 0 Å². The fourth-order valence-electron chi connectivity index (χ4n) is 2.98. The maximum atomic E-state index is 5.96. The third-order valence-electron chi connectivity index (χ3n) is 4.35. The Labute approximate surface area is 121 Å². The molecule has 0 aromatic rings. The molecule has 0 spiro atoms. The summed E-state index contributed by atoms with van der Waals surface area (Å²) in [5.74, 6) is 1.95. The van der Waals surface area contributed by atoms with Crippen molar-refractivity contribution in [3.63, 3.8) is 0 Å². The first-order chi connectivity index (χ1) is 9.46. The molecular formula is C16H25N3O. The molecule has 1 atom stereocenters. The zero-order valence-electron chi connectivity index (χ0n) is 13.0. The smallest absolute Gasteiger partial charge is 0.171 e. The van der Waals surface area contributed by atoms with Crippen LogP contribution in [0.15, 0.2) is 28.7 Å². The van der Waals surface area contributed by atoms with Gasteiger partial charge >= 0.3 is 0 Å². The van der Waals surface area contributed by atoms with E-state index in [-0.39, 0.29) is 5.41 Å². The normalized spacial score (nSPS) is 29.1. The zero-order valence-corrected chi connectivity index (χ0v) is 13.0. The fourth-order valence-corrected chi connectivity index (χ4v) is 2.98. The number of rotatable bonds is 1. The molecule has 3 heterocycles. The minimum absolute atomic E-state index is 0.00402. The van der Waals surface area contributed by atoms with Crippen LogP contribution in [0.1, 0.15) is 27.7 Å². The minimum Gasteiger partial charge on any atom is -0.488 e. The van der Waals surface area contributed by atoms with Crippen molar-refractivity contribution < 1.29 is 4.74 Å². The van der Waals surface area contributed by atoms with Crippen LogP contribution in [0.3, 0.4) is 0 Å². The summed E-state index contributed by atoms with van der Waals surface area (Å²) >= 11 is 0. The van der Waals surface area contributed by atoms with Crippen molar-refractivity contribution in [2.45, 2.75) is 39.8 Å². The lowest BCUT2D eigenvalue weighted by atomic mass is 9.95. The number of allylic oxidation sites excluding steroid dienone is 2. The molecule has 1 saturated heterocycles. The Balaban J connectivity index is 1.84. The van der Waals surface area contributed by atoms with E-state index in [1.165, 1.54) is 0 Å². The highest BCUT2D eigenvalue weighted by Gasteiger charge is 2.35. The summed E-state index contributed by atoms with van der Waals surface area (Å²) in [5.41, 5.74) is -0.00402. The van der Waals surface area contributed by atoms with Crippen molar-refractivity contribution in [1.29, 1.82) is 0 Å². The molecule has 0 aliphatic carbocycles. The second-order valence-corrected chi connectivity index (χ2v) is 6.85. The Morgan fingerprint density at radius 1 is 1.35 bits per heavy atom. The zero-order chi connectivity index (χ0) is 14.3. The minimum atomic E-state index is -0.00402. The highest BCUT2D eigenvalue weighted by molar-refractivity contribution is 5.70. The monoisotopic (exact) mass is 275 g/mol. The van der Waals surface area contributed by atoms with Gasteiger partial charge in [0.2, 0.25) is 0 Å². The van der Waals surface area contributed by atoms with Gasteiger partial charge < -0.3 is 9.64 Å². The van der Waals surface area contributed by atoms with Crippen LogP contribution in [0.5, 0.6) is 0 Å². The van der Waals surface area contributed by atoms with Gasteiger partial charge in [0.15, 0.2) is 11.6 Å². The van der Waals surface area contributed by atoms with Gasteiger partial charge in [0.25, 0.3) is 0 Å². The van der Waals surface area contributed by atoms with Gasteiger partial charge in [-0.3, -0.25) is 4.90 Å².